The van der Waals surface area contributed by atoms with Crippen LogP contribution in [0.15, 0.2) is 40.7 Å². The summed E-state index contributed by atoms with van der Waals surface area (Å²) in [5, 5.41) is 3.40. The second-order valence-corrected chi connectivity index (χ2v) is 6.47. The third kappa shape index (κ3) is 4.24. The van der Waals surface area contributed by atoms with Gasteiger partial charge >= 0.3 is 0 Å². The lowest BCUT2D eigenvalue weighted by Crippen LogP contribution is -2.30. The average Bonchev–Trinajstić information content (AvgIpc) is 3.01. The minimum atomic E-state index is -0.223. The van der Waals surface area contributed by atoms with Gasteiger partial charge in [0.15, 0.2) is 5.16 Å². The van der Waals surface area contributed by atoms with Crippen LogP contribution in [-0.2, 0) is 4.79 Å². The Morgan fingerprint density at radius 1 is 1.44 bits per heavy atom. The third-order valence-electron chi connectivity index (χ3n) is 3.54. The maximum Gasteiger partial charge on any atom is 0.251 e. The zero-order valence-electron chi connectivity index (χ0n) is 13.9. The van der Waals surface area contributed by atoms with Crippen molar-refractivity contribution in [3.63, 3.8) is 0 Å². The molecule has 8 nitrogen and oxygen atoms in total. The number of carbonyl (C=O) groups excluding carboxylic acids is 1. The molecule has 0 aliphatic heterocycles. The van der Waals surface area contributed by atoms with Gasteiger partial charge in [0, 0.05) is 30.4 Å². The number of aromatic amines is 1. The summed E-state index contributed by atoms with van der Waals surface area (Å²) in [7, 11) is 0. The Bertz CT molecular complexity index is 918. The fourth-order valence-electron chi connectivity index (χ4n) is 2.39. The van der Waals surface area contributed by atoms with E-state index in [0.717, 1.165) is 5.69 Å². The lowest BCUT2D eigenvalue weighted by atomic mass is 10.2. The first kappa shape index (κ1) is 17.2. The van der Waals surface area contributed by atoms with Crippen LogP contribution in [0, 0.1) is 6.92 Å². The standard InChI is InChI=1S/C16H18N6O2S/c1-3-11(12-8-22-6-4-5-17-15(22)20-12)19-14(24)9-25-16-18-10(2)7-13(23)21-16/h4-8,11H,3,9H2,1-2H3,(H,19,24)(H,18,21,23)/t11-/m1/s1. The molecule has 0 aromatic carbocycles. The molecule has 3 aromatic rings. The first-order chi connectivity index (χ1) is 12.0. The van der Waals surface area contributed by atoms with Gasteiger partial charge < -0.3 is 10.3 Å². The molecule has 0 saturated heterocycles. The number of carbonyl (C=O) groups is 1. The SMILES string of the molecule is CC[C@@H](NC(=O)CSc1nc(C)cc(=O)[nH]1)c1cn2cccnc2n1. The fourth-order valence-corrected chi connectivity index (χ4v) is 3.12. The minimum Gasteiger partial charge on any atom is -0.347 e. The molecule has 0 bridgehead atoms. The van der Waals surface area contributed by atoms with Gasteiger partial charge in [-0.05, 0) is 19.4 Å². The van der Waals surface area contributed by atoms with Crippen molar-refractivity contribution in [2.45, 2.75) is 31.5 Å². The molecule has 0 radical (unpaired) electrons. The number of H-pyrrole nitrogens is 1. The summed E-state index contributed by atoms with van der Waals surface area (Å²) in [5.74, 6) is 0.612. The Balaban J connectivity index is 1.64. The van der Waals surface area contributed by atoms with Gasteiger partial charge in [-0.1, -0.05) is 18.7 Å². The molecule has 0 fully saturated rings. The molecule has 0 spiro atoms. The Labute approximate surface area is 148 Å². The first-order valence-corrected chi connectivity index (χ1v) is 8.83. The van der Waals surface area contributed by atoms with Gasteiger partial charge in [-0.15, -0.1) is 0 Å². The van der Waals surface area contributed by atoms with Crippen molar-refractivity contribution in [3.8, 4) is 0 Å². The van der Waals surface area contributed by atoms with Gasteiger partial charge in [0.05, 0.1) is 17.5 Å². The van der Waals surface area contributed by atoms with Gasteiger partial charge in [0.1, 0.15) is 0 Å². The van der Waals surface area contributed by atoms with E-state index in [0.29, 0.717) is 23.0 Å². The minimum absolute atomic E-state index is 0.147. The predicted octanol–water partition coefficient (Wildman–Crippen LogP) is 1.48. The molecule has 0 saturated carbocycles. The van der Waals surface area contributed by atoms with Gasteiger partial charge in [-0.2, -0.15) is 0 Å². The van der Waals surface area contributed by atoms with E-state index in [9.17, 15) is 9.59 Å². The molecular weight excluding hydrogens is 340 g/mol. The van der Waals surface area contributed by atoms with Crippen molar-refractivity contribution in [1.82, 2.24) is 29.7 Å². The van der Waals surface area contributed by atoms with Gasteiger partial charge in [0.25, 0.3) is 5.56 Å². The molecule has 3 rings (SSSR count). The normalized spacial score (nSPS) is 12.2. The van der Waals surface area contributed by atoms with E-state index in [4.69, 9.17) is 0 Å². The largest absolute Gasteiger partial charge is 0.347 e. The lowest BCUT2D eigenvalue weighted by molar-refractivity contribution is -0.119. The van der Waals surface area contributed by atoms with E-state index >= 15 is 0 Å². The van der Waals surface area contributed by atoms with Crippen molar-refractivity contribution in [2.75, 3.05) is 5.75 Å². The Morgan fingerprint density at radius 3 is 3.00 bits per heavy atom. The van der Waals surface area contributed by atoms with Crippen molar-refractivity contribution in [1.29, 1.82) is 0 Å². The number of imidazole rings is 1. The van der Waals surface area contributed by atoms with Crippen LogP contribution in [0.3, 0.4) is 0 Å². The second kappa shape index (κ2) is 7.47. The van der Waals surface area contributed by atoms with Crippen LogP contribution in [0.1, 0.15) is 30.8 Å². The van der Waals surface area contributed by atoms with Crippen LogP contribution < -0.4 is 10.9 Å². The van der Waals surface area contributed by atoms with Crippen LogP contribution in [0.4, 0.5) is 0 Å². The van der Waals surface area contributed by atoms with Crippen LogP contribution in [0.25, 0.3) is 5.78 Å². The van der Waals surface area contributed by atoms with Gasteiger partial charge in [0.2, 0.25) is 11.7 Å². The summed E-state index contributed by atoms with van der Waals surface area (Å²) in [5.41, 5.74) is 1.16. The molecule has 130 valence electrons. The zero-order chi connectivity index (χ0) is 17.8. The Kier molecular flexibility index (Phi) is 5.13. The molecule has 0 aliphatic rings. The number of hydrogen-bond donors (Lipinski definition) is 2. The molecule has 1 amide bonds. The highest BCUT2D eigenvalue weighted by molar-refractivity contribution is 7.99. The number of rotatable bonds is 6. The molecule has 1 atom stereocenters. The number of nitrogens with one attached hydrogen (secondary N) is 2. The number of hydrogen-bond acceptors (Lipinski definition) is 6. The Hall–Kier alpha value is -2.68. The topological polar surface area (TPSA) is 105 Å². The highest BCUT2D eigenvalue weighted by Crippen LogP contribution is 2.17. The van der Waals surface area contributed by atoms with Gasteiger partial charge in [-0.3, -0.25) is 14.0 Å². The number of nitrogens with zero attached hydrogens (tertiary/aromatic N) is 4. The molecular formula is C16H18N6O2S. The molecule has 2 N–H and O–H groups in total. The van der Waals surface area contributed by atoms with E-state index in [2.05, 4.69) is 25.3 Å². The molecule has 0 unspecified atom stereocenters. The quantitative estimate of drug-likeness (QED) is 0.511. The number of amides is 1. The molecule has 3 aromatic heterocycles. The number of fused-ring (bicyclic) bond motifs is 1. The number of aromatic nitrogens is 5. The van der Waals surface area contributed by atoms with Crippen molar-refractivity contribution >= 4 is 23.4 Å². The van der Waals surface area contributed by atoms with Crippen LogP contribution in [0.2, 0.25) is 0 Å². The third-order valence-corrected chi connectivity index (χ3v) is 4.42. The van der Waals surface area contributed by atoms with Gasteiger partial charge in [-0.25, -0.2) is 15.0 Å². The average molecular weight is 358 g/mol. The van der Waals surface area contributed by atoms with E-state index in [1.54, 1.807) is 13.1 Å². The highest BCUT2D eigenvalue weighted by Gasteiger charge is 2.17. The summed E-state index contributed by atoms with van der Waals surface area (Å²) in [6.45, 7) is 3.72. The van der Waals surface area contributed by atoms with Crippen molar-refractivity contribution in [3.05, 3.63) is 52.5 Å². The van der Waals surface area contributed by atoms with E-state index in [1.165, 1.54) is 17.8 Å². The maximum atomic E-state index is 12.2. The molecule has 0 aliphatic carbocycles. The van der Waals surface area contributed by atoms with Crippen LogP contribution in [-0.4, -0.2) is 36.0 Å². The summed E-state index contributed by atoms with van der Waals surface area (Å²) >= 11 is 1.19. The zero-order valence-corrected chi connectivity index (χ0v) is 14.7. The van der Waals surface area contributed by atoms with Crippen LogP contribution in [0.5, 0.6) is 0 Å². The summed E-state index contributed by atoms with van der Waals surface area (Å²) in [6.07, 6.45) is 6.12. The predicted molar refractivity (Wildman–Crippen MR) is 94.5 cm³/mol. The van der Waals surface area contributed by atoms with Crippen molar-refractivity contribution in [2.24, 2.45) is 0 Å². The monoisotopic (exact) mass is 358 g/mol. The molecule has 3 heterocycles. The fraction of sp³-hybridized carbons (Fsp3) is 0.312. The number of aryl methyl sites for hydroxylation is 1. The van der Waals surface area contributed by atoms with E-state index in [-0.39, 0.29) is 23.3 Å². The maximum absolute atomic E-state index is 12.2. The Morgan fingerprint density at radius 2 is 2.28 bits per heavy atom. The summed E-state index contributed by atoms with van der Waals surface area (Å²) < 4.78 is 1.82. The van der Waals surface area contributed by atoms with E-state index in [1.807, 2.05) is 29.8 Å². The molecule has 25 heavy (non-hydrogen) atoms. The number of thioether (sulfide) groups is 1. The summed E-state index contributed by atoms with van der Waals surface area (Å²) in [4.78, 5) is 39.1. The van der Waals surface area contributed by atoms with Crippen molar-refractivity contribution < 1.29 is 4.79 Å². The second-order valence-electron chi connectivity index (χ2n) is 5.50. The smallest absolute Gasteiger partial charge is 0.251 e. The van der Waals surface area contributed by atoms with E-state index < -0.39 is 0 Å². The first-order valence-electron chi connectivity index (χ1n) is 7.85. The summed E-state index contributed by atoms with van der Waals surface area (Å²) in [6, 6.07) is 3.04. The highest BCUT2D eigenvalue weighted by atomic mass is 32.2. The van der Waals surface area contributed by atoms with Crippen LogP contribution >= 0.6 is 11.8 Å². The lowest BCUT2D eigenvalue weighted by Gasteiger charge is -2.14. The molecule has 9 heteroatoms.